The van der Waals surface area contributed by atoms with Crippen LogP contribution < -0.4 is 10.2 Å². The summed E-state index contributed by atoms with van der Waals surface area (Å²) >= 11 is 0. The van der Waals surface area contributed by atoms with Crippen molar-refractivity contribution in [3.05, 3.63) is 34.8 Å². The number of carbonyl (C=O) groups is 2. The Morgan fingerprint density at radius 3 is 2.83 bits per heavy atom. The molecule has 2 N–H and O–H groups in total. The average Bonchev–Trinajstić information content (AvgIpc) is 3.02. The number of amides is 1. The van der Waals surface area contributed by atoms with Gasteiger partial charge in [-0.05, 0) is 26.8 Å². The zero-order chi connectivity index (χ0) is 16.6. The number of quaternary nitrogens is 1. The molecule has 0 aromatic carbocycles. The van der Waals surface area contributed by atoms with Gasteiger partial charge in [-0.1, -0.05) is 5.16 Å². The Balaban J connectivity index is 1.83. The monoisotopic (exact) mass is 317 g/mol. The molecule has 0 aliphatic carbocycles. The molecular weight excluding hydrogens is 296 g/mol. The minimum absolute atomic E-state index is 0.00240. The Hall–Kier alpha value is -2.41. The van der Waals surface area contributed by atoms with Crippen LogP contribution in [0.1, 0.15) is 27.5 Å². The molecule has 2 aromatic heterocycles. The van der Waals surface area contributed by atoms with Crippen molar-refractivity contribution in [2.45, 2.75) is 20.8 Å². The summed E-state index contributed by atoms with van der Waals surface area (Å²) in [5.74, 6) is 1.46. The molecule has 1 aliphatic heterocycles. The van der Waals surface area contributed by atoms with Crippen molar-refractivity contribution in [2.75, 3.05) is 26.2 Å². The summed E-state index contributed by atoms with van der Waals surface area (Å²) in [6.45, 7) is 7.76. The van der Waals surface area contributed by atoms with E-state index in [1.807, 2.05) is 37.5 Å². The Morgan fingerprint density at radius 2 is 2.17 bits per heavy atom. The molecule has 7 heteroatoms. The highest BCUT2D eigenvalue weighted by Gasteiger charge is 2.25. The quantitative estimate of drug-likeness (QED) is 0.751. The zero-order valence-corrected chi connectivity index (χ0v) is 13.6. The molecule has 0 bridgehead atoms. The molecule has 1 amide bonds. The third kappa shape index (κ3) is 3.05. The summed E-state index contributed by atoms with van der Waals surface area (Å²) in [6, 6.07) is 3.72. The lowest BCUT2D eigenvalue weighted by Gasteiger charge is -2.22. The van der Waals surface area contributed by atoms with Gasteiger partial charge in [0.1, 0.15) is 12.3 Å². The van der Waals surface area contributed by atoms with Crippen LogP contribution in [0, 0.1) is 20.8 Å². The third-order valence-electron chi connectivity index (χ3n) is 4.20. The first-order valence-corrected chi connectivity index (χ1v) is 7.72. The number of ketones is 1. The third-order valence-corrected chi connectivity index (χ3v) is 4.20. The fourth-order valence-corrected chi connectivity index (χ4v) is 3.09. The first kappa shape index (κ1) is 15.5. The Morgan fingerprint density at radius 1 is 1.39 bits per heavy atom. The highest BCUT2D eigenvalue weighted by molar-refractivity contribution is 5.98. The molecule has 0 spiro atoms. The normalized spacial score (nSPS) is 18.0. The van der Waals surface area contributed by atoms with Gasteiger partial charge in [0.2, 0.25) is 5.78 Å². The topological polar surface area (TPSA) is 81.6 Å². The number of hydrogen-bond donors (Lipinski definition) is 2. The number of Topliss-reactive ketones (excluding diaryl/α,β-unsaturated/α-hetero) is 1. The van der Waals surface area contributed by atoms with Crippen LogP contribution >= 0.6 is 0 Å². The van der Waals surface area contributed by atoms with Gasteiger partial charge in [0, 0.05) is 23.0 Å². The molecule has 1 unspecified atom stereocenters. The molecule has 1 fully saturated rings. The predicted molar refractivity (Wildman–Crippen MR) is 82.9 cm³/mol. The van der Waals surface area contributed by atoms with Gasteiger partial charge in [-0.2, -0.15) is 0 Å². The maximum absolute atomic E-state index is 12.6. The Labute approximate surface area is 134 Å². The fourth-order valence-electron chi connectivity index (χ4n) is 3.09. The number of aryl methyl sites for hydroxylation is 2. The lowest BCUT2D eigenvalue weighted by atomic mass is 10.1. The summed E-state index contributed by atoms with van der Waals surface area (Å²) in [7, 11) is 0. The molecule has 122 valence electrons. The SMILES string of the molecule is Cc1cc(-n2c(C)cc(C(=O)C[NH+]3CCNC(=O)C3)c2C)no1. The number of rotatable bonds is 4. The van der Waals surface area contributed by atoms with Crippen molar-refractivity contribution in [1.29, 1.82) is 0 Å². The van der Waals surface area contributed by atoms with Gasteiger partial charge in [-0.25, -0.2) is 0 Å². The molecule has 3 heterocycles. The van der Waals surface area contributed by atoms with Crippen LogP contribution in [-0.2, 0) is 4.79 Å². The zero-order valence-electron chi connectivity index (χ0n) is 13.6. The van der Waals surface area contributed by atoms with Crippen molar-refractivity contribution >= 4 is 11.7 Å². The summed E-state index contributed by atoms with van der Waals surface area (Å²) in [4.78, 5) is 25.1. The number of hydrogen-bond acceptors (Lipinski definition) is 4. The molecule has 3 rings (SSSR count). The van der Waals surface area contributed by atoms with Crippen LogP contribution in [0.15, 0.2) is 16.7 Å². The number of piperazine rings is 1. The molecule has 7 nitrogen and oxygen atoms in total. The van der Waals surface area contributed by atoms with Crippen molar-refractivity contribution in [2.24, 2.45) is 0 Å². The van der Waals surface area contributed by atoms with Crippen LogP contribution in [0.5, 0.6) is 0 Å². The standard InChI is InChI=1S/C16H20N4O3/c1-10-6-13(12(3)20(10)15-7-11(2)23-18-15)14(21)8-19-5-4-17-16(22)9-19/h6-7H,4-5,8-9H2,1-3H3,(H,17,22)/p+1. The second-order valence-electron chi connectivity index (χ2n) is 6.04. The van der Waals surface area contributed by atoms with Crippen molar-refractivity contribution < 1.29 is 19.0 Å². The smallest absolute Gasteiger partial charge is 0.275 e. The van der Waals surface area contributed by atoms with Crippen LogP contribution in [0.4, 0.5) is 0 Å². The maximum atomic E-state index is 12.6. The lowest BCUT2D eigenvalue weighted by molar-refractivity contribution is -0.884. The lowest BCUT2D eigenvalue weighted by Crippen LogP contribution is -3.16. The molecule has 0 saturated carbocycles. The minimum Gasteiger partial charge on any atom is -0.360 e. The molecule has 2 aromatic rings. The van der Waals surface area contributed by atoms with E-state index >= 15 is 0 Å². The highest BCUT2D eigenvalue weighted by atomic mass is 16.5. The summed E-state index contributed by atoms with van der Waals surface area (Å²) < 4.78 is 7.05. The second-order valence-corrected chi connectivity index (χ2v) is 6.04. The largest absolute Gasteiger partial charge is 0.360 e. The summed E-state index contributed by atoms with van der Waals surface area (Å²) in [5.41, 5.74) is 2.47. The van der Waals surface area contributed by atoms with Crippen LogP contribution in [0.3, 0.4) is 0 Å². The van der Waals surface area contributed by atoms with E-state index in [4.69, 9.17) is 4.52 Å². The van der Waals surface area contributed by atoms with E-state index in [1.165, 1.54) is 0 Å². The van der Waals surface area contributed by atoms with Gasteiger partial charge in [0.15, 0.2) is 12.4 Å². The molecule has 1 atom stereocenters. The highest BCUT2D eigenvalue weighted by Crippen LogP contribution is 2.20. The van der Waals surface area contributed by atoms with Gasteiger partial charge < -0.3 is 14.7 Å². The predicted octanol–water partition coefficient (Wildman–Crippen LogP) is -0.412. The van der Waals surface area contributed by atoms with E-state index in [1.54, 1.807) is 0 Å². The van der Waals surface area contributed by atoms with E-state index in [0.717, 1.165) is 28.6 Å². The first-order chi connectivity index (χ1) is 11.0. The maximum Gasteiger partial charge on any atom is 0.275 e. The first-order valence-electron chi connectivity index (χ1n) is 7.72. The van der Waals surface area contributed by atoms with Gasteiger partial charge >= 0.3 is 0 Å². The van der Waals surface area contributed by atoms with Gasteiger partial charge in [0.25, 0.3) is 5.91 Å². The van der Waals surface area contributed by atoms with E-state index in [2.05, 4.69) is 10.5 Å². The molecule has 1 aliphatic rings. The van der Waals surface area contributed by atoms with E-state index in [-0.39, 0.29) is 11.7 Å². The van der Waals surface area contributed by atoms with Gasteiger partial charge in [0.05, 0.1) is 13.1 Å². The molecule has 1 saturated heterocycles. The van der Waals surface area contributed by atoms with Crippen LogP contribution in [0.2, 0.25) is 0 Å². The minimum atomic E-state index is 0.00240. The average molecular weight is 317 g/mol. The summed E-state index contributed by atoms with van der Waals surface area (Å²) in [6.07, 6.45) is 0. The van der Waals surface area contributed by atoms with E-state index in [0.29, 0.717) is 31.0 Å². The van der Waals surface area contributed by atoms with Crippen molar-refractivity contribution in [3.63, 3.8) is 0 Å². The van der Waals surface area contributed by atoms with E-state index < -0.39 is 0 Å². The van der Waals surface area contributed by atoms with E-state index in [9.17, 15) is 9.59 Å². The molecule has 0 radical (unpaired) electrons. The summed E-state index contributed by atoms with van der Waals surface area (Å²) in [5, 5.41) is 6.80. The van der Waals surface area contributed by atoms with Crippen LogP contribution in [0.25, 0.3) is 5.82 Å². The van der Waals surface area contributed by atoms with Crippen molar-refractivity contribution in [1.82, 2.24) is 15.0 Å². The Kier molecular flexibility index (Phi) is 4.04. The second kappa shape index (κ2) is 6.00. The Bertz CT molecular complexity index is 759. The van der Waals surface area contributed by atoms with Gasteiger partial charge in [-0.3, -0.25) is 14.2 Å². The van der Waals surface area contributed by atoms with Gasteiger partial charge in [-0.15, -0.1) is 0 Å². The number of aromatic nitrogens is 2. The van der Waals surface area contributed by atoms with Crippen molar-refractivity contribution in [3.8, 4) is 5.82 Å². The molecule has 23 heavy (non-hydrogen) atoms. The number of carbonyl (C=O) groups excluding carboxylic acids is 2. The number of nitrogens with one attached hydrogen (secondary N) is 2. The fraction of sp³-hybridized carbons (Fsp3) is 0.438. The number of nitrogens with zero attached hydrogens (tertiary/aromatic N) is 2. The van der Waals surface area contributed by atoms with Crippen LogP contribution in [-0.4, -0.2) is 47.6 Å². The molecular formula is C16H21N4O3+.